The summed E-state index contributed by atoms with van der Waals surface area (Å²) in [7, 11) is 0. The quantitative estimate of drug-likeness (QED) is 0.0799. The summed E-state index contributed by atoms with van der Waals surface area (Å²) in [5.74, 6) is 4.48. The highest BCUT2D eigenvalue weighted by Crippen LogP contribution is 2.28. The minimum absolute atomic E-state index is 0.609. The fourth-order valence-electron chi connectivity index (χ4n) is 4.47. The minimum atomic E-state index is 0.609. The summed E-state index contributed by atoms with van der Waals surface area (Å²) in [6, 6.07) is 39.3. The SMILES string of the molecule is C=Cc1ccccc1.C=Cc1ccccc1.CCC(C)c1ccccc1.CCSc1nnc(N=Cc2ccc(C(C)CC)cc2)s1.CCSc1nnc(SCC)s1. The molecule has 10 heteroatoms. The van der Waals surface area contributed by atoms with Crippen molar-refractivity contribution >= 4 is 81.5 Å². The molecule has 6 rings (SSSR count). The number of aromatic nitrogens is 4. The number of hydrogen-bond donors (Lipinski definition) is 0. The van der Waals surface area contributed by atoms with Crippen LogP contribution in [0.15, 0.2) is 146 Å². The molecule has 2 atom stereocenters. The van der Waals surface area contributed by atoms with E-state index >= 15 is 0 Å². The molecule has 0 spiro atoms. The zero-order valence-electron chi connectivity index (χ0n) is 34.6. The molecule has 4 aromatic carbocycles. The predicted molar refractivity (Wildman–Crippen MR) is 260 cm³/mol. The Labute approximate surface area is 364 Å². The van der Waals surface area contributed by atoms with Crippen molar-refractivity contribution in [3.05, 3.63) is 156 Å². The van der Waals surface area contributed by atoms with E-state index in [2.05, 4.69) is 142 Å². The van der Waals surface area contributed by atoms with E-state index in [9.17, 15) is 0 Å². The lowest BCUT2D eigenvalue weighted by Crippen LogP contribution is -1.91. The summed E-state index contributed by atoms with van der Waals surface area (Å²) < 4.78 is 3.15. The van der Waals surface area contributed by atoms with Crippen LogP contribution in [0.3, 0.4) is 0 Å². The summed E-state index contributed by atoms with van der Waals surface area (Å²) in [6.45, 7) is 22.6. The maximum atomic E-state index is 4.38. The van der Waals surface area contributed by atoms with Gasteiger partial charge >= 0.3 is 0 Å². The van der Waals surface area contributed by atoms with E-state index in [1.807, 2.05) is 79.0 Å². The Bertz CT molecular complexity index is 1850. The van der Waals surface area contributed by atoms with Gasteiger partial charge < -0.3 is 0 Å². The van der Waals surface area contributed by atoms with Crippen LogP contribution >= 0.6 is 58.0 Å². The lowest BCUT2D eigenvalue weighted by Gasteiger charge is -2.08. The van der Waals surface area contributed by atoms with Crippen molar-refractivity contribution < 1.29 is 0 Å². The Kier molecular flexibility index (Phi) is 27.0. The van der Waals surface area contributed by atoms with Crippen LogP contribution in [0.2, 0.25) is 0 Å². The van der Waals surface area contributed by atoms with Crippen molar-refractivity contribution in [1.29, 1.82) is 0 Å². The summed E-state index contributed by atoms with van der Waals surface area (Å²) in [5, 5.41) is 16.9. The molecule has 57 heavy (non-hydrogen) atoms. The zero-order chi connectivity index (χ0) is 41.5. The highest BCUT2D eigenvalue weighted by Gasteiger charge is 2.04. The van der Waals surface area contributed by atoms with Gasteiger partial charge in [-0.1, -0.05) is 247 Å². The van der Waals surface area contributed by atoms with Gasteiger partial charge in [-0.05, 0) is 69.8 Å². The van der Waals surface area contributed by atoms with Crippen molar-refractivity contribution in [3.63, 3.8) is 0 Å². The van der Waals surface area contributed by atoms with E-state index in [-0.39, 0.29) is 0 Å². The number of thioether (sulfide) groups is 3. The topological polar surface area (TPSA) is 63.9 Å². The van der Waals surface area contributed by atoms with E-state index in [0.717, 1.165) is 42.3 Å². The van der Waals surface area contributed by atoms with Crippen molar-refractivity contribution in [2.45, 2.75) is 86.2 Å². The molecular weight excluding hydrogens is 795 g/mol. The van der Waals surface area contributed by atoms with Gasteiger partial charge in [-0.25, -0.2) is 4.99 Å². The summed E-state index contributed by atoms with van der Waals surface area (Å²) in [6.07, 6.45) is 7.90. The Morgan fingerprint density at radius 1 is 0.509 bits per heavy atom. The molecule has 0 radical (unpaired) electrons. The average Bonchev–Trinajstić information content (AvgIpc) is 3.93. The molecule has 0 fully saturated rings. The largest absolute Gasteiger partial charge is 0.232 e. The van der Waals surface area contributed by atoms with Crippen LogP contribution in [0.4, 0.5) is 5.13 Å². The standard InChI is InChI=1S/C15H19N3S2.C10H14.2C8H8.C6H10N2S3/c1-4-11(3)13-8-6-12(7-9-13)10-16-14-17-18-15(20-14)19-5-2;1-3-9(2)10-7-5-4-6-8-10;2*1-2-8-6-4-3-5-7-8;1-3-9-5-7-8-6(11-5)10-4-2/h6-11H,4-5H2,1-3H3;4-9H,3H2,1-2H3;2*2-7H,1H2;3-4H2,1-2H3. The number of aliphatic imine (C=N–C) groups is 1. The van der Waals surface area contributed by atoms with Gasteiger partial charge in [-0.2, -0.15) is 0 Å². The predicted octanol–water partition coefficient (Wildman–Crippen LogP) is 15.5. The van der Waals surface area contributed by atoms with Gasteiger partial charge in [0.15, 0.2) is 13.0 Å². The number of benzene rings is 4. The van der Waals surface area contributed by atoms with E-state index in [4.69, 9.17) is 0 Å². The molecule has 0 aliphatic carbocycles. The molecule has 0 saturated carbocycles. The highest BCUT2D eigenvalue weighted by molar-refractivity contribution is 8.03. The molecular formula is C47H59N5S5. The van der Waals surface area contributed by atoms with Crippen molar-refractivity contribution in [2.24, 2.45) is 4.99 Å². The molecule has 2 unspecified atom stereocenters. The molecule has 0 N–H and O–H groups in total. The summed E-state index contributed by atoms with van der Waals surface area (Å²) >= 11 is 8.42. The van der Waals surface area contributed by atoms with Crippen molar-refractivity contribution in [3.8, 4) is 0 Å². The Morgan fingerprint density at radius 3 is 1.28 bits per heavy atom. The molecule has 0 aliphatic rings. The number of nitrogens with zero attached hydrogens (tertiary/aromatic N) is 5. The maximum absolute atomic E-state index is 4.38. The summed E-state index contributed by atoms with van der Waals surface area (Å²) in [4.78, 5) is 4.38. The lowest BCUT2D eigenvalue weighted by molar-refractivity contribution is 0.733. The number of hydrogen-bond acceptors (Lipinski definition) is 10. The van der Waals surface area contributed by atoms with Crippen LogP contribution in [-0.2, 0) is 0 Å². The van der Waals surface area contributed by atoms with Crippen LogP contribution in [0.25, 0.3) is 12.2 Å². The van der Waals surface area contributed by atoms with Gasteiger partial charge in [0, 0.05) is 6.21 Å². The van der Waals surface area contributed by atoms with E-state index in [0.29, 0.717) is 17.0 Å². The number of rotatable bonds is 14. The van der Waals surface area contributed by atoms with E-state index in [1.54, 1.807) is 46.6 Å². The molecule has 0 bridgehead atoms. The van der Waals surface area contributed by atoms with Crippen LogP contribution in [0.5, 0.6) is 0 Å². The first-order valence-electron chi connectivity index (χ1n) is 19.4. The highest BCUT2D eigenvalue weighted by atomic mass is 32.2. The van der Waals surface area contributed by atoms with Crippen LogP contribution in [0, 0.1) is 0 Å². The molecule has 0 saturated heterocycles. The van der Waals surface area contributed by atoms with Gasteiger partial charge in [-0.15, -0.1) is 20.4 Å². The molecule has 302 valence electrons. The van der Waals surface area contributed by atoms with E-state index in [1.165, 1.54) is 40.0 Å². The van der Waals surface area contributed by atoms with Gasteiger partial charge in [0.25, 0.3) is 0 Å². The van der Waals surface area contributed by atoms with Gasteiger partial charge in [0.1, 0.15) is 0 Å². The second-order valence-electron chi connectivity index (χ2n) is 12.2. The Morgan fingerprint density at radius 2 is 0.895 bits per heavy atom. The lowest BCUT2D eigenvalue weighted by atomic mass is 9.98. The van der Waals surface area contributed by atoms with E-state index < -0.39 is 0 Å². The zero-order valence-corrected chi connectivity index (χ0v) is 38.7. The van der Waals surface area contributed by atoms with Gasteiger partial charge in [-0.3, -0.25) is 0 Å². The average molecular weight is 854 g/mol. The smallest absolute Gasteiger partial charge is 0.226 e. The first-order valence-corrected chi connectivity index (χ1v) is 24.0. The molecule has 0 amide bonds. The monoisotopic (exact) mass is 853 g/mol. The molecule has 2 heterocycles. The fraction of sp³-hybridized carbons (Fsp3) is 0.298. The van der Waals surface area contributed by atoms with Crippen molar-refractivity contribution in [2.75, 3.05) is 17.3 Å². The van der Waals surface area contributed by atoms with Crippen LogP contribution < -0.4 is 0 Å². The second-order valence-corrected chi connectivity index (χ2v) is 18.6. The minimum Gasteiger partial charge on any atom is -0.226 e. The van der Waals surface area contributed by atoms with Gasteiger partial charge in [0.2, 0.25) is 5.13 Å². The van der Waals surface area contributed by atoms with Crippen LogP contribution in [-0.4, -0.2) is 43.9 Å². The third-order valence-electron chi connectivity index (χ3n) is 8.08. The maximum Gasteiger partial charge on any atom is 0.232 e. The Balaban J connectivity index is 0.000000260. The fourth-order valence-corrected chi connectivity index (χ4v) is 8.87. The molecule has 6 aromatic rings. The third kappa shape index (κ3) is 21.5. The second kappa shape index (κ2) is 31.2. The van der Waals surface area contributed by atoms with Gasteiger partial charge in [0.05, 0.1) is 0 Å². The summed E-state index contributed by atoms with van der Waals surface area (Å²) in [5.41, 5.74) is 6.27. The molecule has 5 nitrogen and oxygen atoms in total. The third-order valence-corrected chi connectivity index (χ3v) is 12.9. The molecule has 0 aliphatic heterocycles. The van der Waals surface area contributed by atoms with Crippen LogP contribution in [0.1, 0.15) is 101 Å². The first-order chi connectivity index (χ1) is 27.8. The molecule has 2 aromatic heterocycles. The van der Waals surface area contributed by atoms with Crippen molar-refractivity contribution in [1.82, 2.24) is 20.4 Å². The Hall–Kier alpha value is -3.80. The first kappa shape index (κ1) is 49.3. The normalized spacial score (nSPS) is 11.2.